The minimum Gasteiger partial charge on any atom is -0.308 e. The number of para-hydroxylation sites is 2. The lowest BCUT2D eigenvalue weighted by Gasteiger charge is -2.42. The smallest absolute Gasteiger partial charge is 0.150 e. The van der Waals surface area contributed by atoms with Gasteiger partial charge in [0.05, 0.1) is 28.1 Å². The van der Waals surface area contributed by atoms with Gasteiger partial charge in [0.15, 0.2) is 6.17 Å². The number of benzene rings is 5. The maximum absolute atomic E-state index is 16.7. The van der Waals surface area contributed by atoms with Gasteiger partial charge in [-0.15, -0.1) is 0 Å². The van der Waals surface area contributed by atoms with Crippen molar-refractivity contribution in [1.82, 2.24) is 14.5 Å². The maximum Gasteiger partial charge on any atom is 0.150 e. The van der Waals surface area contributed by atoms with Gasteiger partial charge in [-0.25, -0.2) is 9.37 Å². The Hall–Kier alpha value is -6.07. The van der Waals surface area contributed by atoms with E-state index in [0.717, 1.165) is 55.9 Å². The first-order chi connectivity index (χ1) is 24.0. The summed E-state index contributed by atoms with van der Waals surface area (Å²) < 4.78 is 18.9. The first kappa shape index (κ1) is 29.1. The number of nitrogens with zero attached hydrogens (tertiary/aromatic N) is 4. The van der Waals surface area contributed by atoms with Gasteiger partial charge >= 0.3 is 0 Å². The number of hydrogen-bond donors (Lipinski definition) is 0. The van der Waals surface area contributed by atoms with Gasteiger partial charge in [-0.05, 0) is 76.9 Å². The predicted octanol–water partition coefficient (Wildman–Crippen LogP) is 11.4. The molecule has 0 spiro atoms. The van der Waals surface area contributed by atoms with Crippen LogP contribution in [-0.4, -0.2) is 14.5 Å². The van der Waals surface area contributed by atoms with Gasteiger partial charge in [-0.2, -0.15) is 0 Å². The number of aromatic nitrogens is 3. The van der Waals surface area contributed by atoms with E-state index in [-0.39, 0.29) is 5.41 Å². The molecule has 1 unspecified atom stereocenters. The van der Waals surface area contributed by atoms with E-state index >= 15 is 4.39 Å². The Morgan fingerprint density at radius 2 is 1.35 bits per heavy atom. The SMILES string of the molecule is CC1(C)c2ccccc2N(c2ccccc2)c2c1ccc1c3ccc(C(F)c4cccc(-c5ccccn5)c4)cc3n(-c3ccccn3)c21. The van der Waals surface area contributed by atoms with E-state index in [2.05, 4.69) is 101 Å². The van der Waals surface area contributed by atoms with E-state index in [4.69, 9.17) is 4.98 Å². The second-order valence-corrected chi connectivity index (χ2v) is 13.2. The number of halogens is 1. The Bertz CT molecular complexity index is 2490. The zero-order valence-corrected chi connectivity index (χ0v) is 27.3. The summed E-state index contributed by atoms with van der Waals surface area (Å²) >= 11 is 0. The summed E-state index contributed by atoms with van der Waals surface area (Å²) in [6, 6.07) is 49.1. The Morgan fingerprint density at radius 3 is 2.14 bits per heavy atom. The minimum atomic E-state index is -1.33. The summed E-state index contributed by atoms with van der Waals surface area (Å²) in [5.74, 6) is 0.783. The van der Waals surface area contributed by atoms with Crippen LogP contribution in [0.25, 0.3) is 38.9 Å². The fourth-order valence-electron chi connectivity index (χ4n) is 7.61. The summed E-state index contributed by atoms with van der Waals surface area (Å²) in [5, 5.41) is 2.14. The van der Waals surface area contributed by atoms with Gasteiger partial charge in [-0.1, -0.05) is 105 Å². The van der Waals surface area contributed by atoms with Crippen molar-refractivity contribution in [3.8, 4) is 17.1 Å². The molecule has 49 heavy (non-hydrogen) atoms. The number of alkyl halides is 1. The van der Waals surface area contributed by atoms with Crippen LogP contribution in [0.15, 0.2) is 158 Å². The van der Waals surface area contributed by atoms with E-state index in [9.17, 15) is 0 Å². The highest BCUT2D eigenvalue weighted by molar-refractivity contribution is 6.16. The van der Waals surface area contributed by atoms with E-state index < -0.39 is 6.17 Å². The van der Waals surface area contributed by atoms with E-state index in [0.29, 0.717) is 11.1 Å². The van der Waals surface area contributed by atoms with Crippen LogP contribution in [0.3, 0.4) is 0 Å². The first-order valence-electron chi connectivity index (χ1n) is 16.6. The second-order valence-electron chi connectivity index (χ2n) is 13.2. The van der Waals surface area contributed by atoms with E-state index in [1.165, 1.54) is 11.1 Å². The number of fused-ring (bicyclic) bond motifs is 6. The van der Waals surface area contributed by atoms with Gasteiger partial charge in [0, 0.05) is 39.8 Å². The van der Waals surface area contributed by atoms with Crippen LogP contribution in [-0.2, 0) is 5.41 Å². The highest BCUT2D eigenvalue weighted by Crippen LogP contribution is 2.55. The summed E-state index contributed by atoms with van der Waals surface area (Å²) in [5.41, 5.74) is 10.4. The molecule has 4 nitrogen and oxygen atoms in total. The third-order valence-electron chi connectivity index (χ3n) is 9.97. The number of hydrogen-bond acceptors (Lipinski definition) is 3. The van der Waals surface area contributed by atoms with Crippen molar-refractivity contribution in [1.29, 1.82) is 0 Å². The van der Waals surface area contributed by atoms with E-state index in [1.807, 2.05) is 79.0 Å². The molecule has 3 aromatic heterocycles. The number of rotatable bonds is 5. The molecule has 0 aliphatic carbocycles. The van der Waals surface area contributed by atoms with Crippen LogP contribution in [0.5, 0.6) is 0 Å². The molecule has 5 heteroatoms. The summed E-state index contributed by atoms with van der Waals surface area (Å²) in [6.45, 7) is 4.61. The Kier molecular flexibility index (Phi) is 6.70. The minimum absolute atomic E-state index is 0.273. The van der Waals surface area contributed by atoms with Gasteiger partial charge in [0.2, 0.25) is 0 Å². The molecule has 4 heterocycles. The van der Waals surface area contributed by atoms with Crippen molar-refractivity contribution in [3.05, 3.63) is 180 Å². The van der Waals surface area contributed by atoms with Crippen LogP contribution in [0, 0.1) is 0 Å². The van der Waals surface area contributed by atoms with Gasteiger partial charge in [0.1, 0.15) is 5.82 Å². The first-order valence-corrected chi connectivity index (χ1v) is 16.6. The molecule has 0 N–H and O–H groups in total. The van der Waals surface area contributed by atoms with Crippen LogP contribution < -0.4 is 4.90 Å². The van der Waals surface area contributed by atoms with Gasteiger partial charge < -0.3 is 4.90 Å². The van der Waals surface area contributed by atoms with Crippen molar-refractivity contribution in [2.75, 3.05) is 4.90 Å². The molecule has 0 saturated heterocycles. The number of pyridine rings is 2. The largest absolute Gasteiger partial charge is 0.308 e. The molecule has 0 bridgehead atoms. The van der Waals surface area contributed by atoms with Crippen molar-refractivity contribution < 1.29 is 4.39 Å². The zero-order valence-electron chi connectivity index (χ0n) is 27.3. The summed E-state index contributed by atoms with van der Waals surface area (Å²) in [7, 11) is 0. The molecule has 236 valence electrons. The third-order valence-corrected chi connectivity index (χ3v) is 9.97. The highest BCUT2D eigenvalue weighted by Gasteiger charge is 2.39. The van der Waals surface area contributed by atoms with Crippen molar-refractivity contribution in [2.24, 2.45) is 0 Å². The van der Waals surface area contributed by atoms with Gasteiger partial charge in [-0.3, -0.25) is 9.55 Å². The normalized spacial score (nSPS) is 14.1. The van der Waals surface area contributed by atoms with Crippen LogP contribution >= 0.6 is 0 Å². The van der Waals surface area contributed by atoms with Crippen molar-refractivity contribution in [2.45, 2.75) is 25.4 Å². The quantitative estimate of drug-likeness (QED) is 0.188. The Balaban J connectivity index is 1.32. The molecule has 1 atom stereocenters. The monoisotopic (exact) mass is 636 g/mol. The highest BCUT2D eigenvalue weighted by atomic mass is 19.1. The molecule has 0 saturated carbocycles. The fraction of sp³-hybridized carbons (Fsp3) is 0.0909. The fourth-order valence-corrected chi connectivity index (χ4v) is 7.61. The molecule has 0 radical (unpaired) electrons. The lowest BCUT2D eigenvalue weighted by Crippen LogP contribution is -2.31. The van der Waals surface area contributed by atoms with E-state index in [1.54, 1.807) is 6.20 Å². The molecular weight excluding hydrogens is 604 g/mol. The molecule has 9 rings (SSSR count). The number of anilines is 3. The van der Waals surface area contributed by atoms with Crippen molar-refractivity contribution >= 4 is 38.9 Å². The molecule has 1 aliphatic heterocycles. The van der Waals surface area contributed by atoms with Crippen LogP contribution in [0.4, 0.5) is 21.5 Å². The Morgan fingerprint density at radius 1 is 0.612 bits per heavy atom. The predicted molar refractivity (Wildman–Crippen MR) is 198 cm³/mol. The molecule has 5 aromatic carbocycles. The topological polar surface area (TPSA) is 34.0 Å². The average Bonchev–Trinajstić information content (AvgIpc) is 3.50. The molecular formula is C44H33FN4. The lowest BCUT2D eigenvalue weighted by atomic mass is 9.73. The zero-order chi connectivity index (χ0) is 33.1. The third kappa shape index (κ3) is 4.57. The van der Waals surface area contributed by atoms with Crippen LogP contribution in [0.2, 0.25) is 0 Å². The molecule has 0 fully saturated rings. The standard InChI is InChI=1S/C44H33FN4/c1-44(2)35-17-6-7-19-38(35)48(32-15-4-3-5-16-32)43-36(44)24-23-34-33-22-21-31(28-39(33)49(42(34)43)40-20-9-11-26-47-40)41(45)30-14-12-13-29(27-30)37-18-8-10-25-46-37/h3-28,41H,1-2H3. The van der Waals surface area contributed by atoms with Crippen molar-refractivity contribution in [3.63, 3.8) is 0 Å². The summed E-state index contributed by atoms with van der Waals surface area (Å²) in [6.07, 6.45) is 2.25. The molecule has 1 aliphatic rings. The Labute approximate surface area is 284 Å². The molecule has 8 aromatic rings. The molecule has 0 amide bonds. The summed E-state index contributed by atoms with van der Waals surface area (Å²) in [4.78, 5) is 11.7. The lowest BCUT2D eigenvalue weighted by molar-refractivity contribution is 0.402. The van der Waals surface area contributed by atoms with Gasteiger partial charge in [0.25, 0.3) is 0 Å². The average molecular weight is 637 g/mol. The maximum atomic E-state index is 16.7. The second kappa shape index (κ2) is 11.3. The van der Waals surface area contributed by atoms with Crippen LogP contribution in [0.1, 0.15) is 42.3 Å².